The fourth-order valence-electron chi connectivity index (χ4n) is 3.86. The lowest BCUT2D eigenvalue weighted by molar-refractivity contribution is -0.118. The fraction of sp³-hybridized carbons (Fsp3) is 0.381. The summed E-state index contributed by atoms with van der Waals surface area (Å²) in [6, 6.07) is 13.2. The van der Waals surface area contributed by atoms with E-state index >= 15 is 0 Å². The molecule has 0 unspecified atom stereocenters. The zero-order valence-electron chi connectivity index (χ0n) is 14.7. The Bertz CT molecular complexity index is 677. The minimum absolute atomic E-state index is 0.106. The summed E-state index contributed by atoms with van der Waals surface area (Å²) in [4.78, 5) is 13.2. The van der Waals surface area contributed by atoms with Gasteiger partial charge in [0.15, 0.2) is 0 Å². The average molecular weight is 358 g/mol. The van der Waals surface area contributed by atoms with Crippen LogP contribution in [0.15, 0.2) is 48.5 Å². The average Bonchev–Trinajstić information content (AvgIpc) is 2.64. The van der Waals surface area contributed by atoms with Crippen molar-refractivity contribution in [3.63, 3.8) is 0 Å². The second-order valence-corrected chi connectivity index (χ2v) is 6.98. The van der Waals surface area contributed by atoms with Crippen molar-refractivity contribution in [1.82, 2.24) is 4.90 Å². The largest absolute Gasteiger partial charge is 0.370 e. The molecule has 0 aliphatic carbocycles. The lowest BCUT2D eigenvalue weighted by Crippen LogP contribution is -2.37. The number of rotatable bonds is 6. The van der Waals surface area contributed by atoms with Gasteiger partial charge in [0.1, 0.15) is 11.6 Å². The Morgan fingerprint density at radius 1 is 0.962 bits per heavy atom. The first-order valence-corrected chi connectivity index (χ1v) is 9.04. The fourth-order valence-corrected chi connectivity index (χ4v) is 3.86. The van der Waals surface area contributed by atoms with Crippen LogP contribution in [0.4, 0.5) is 8.78 Å². The monoisotopic (exact) mass is 358 g/mol. The van der Waals surface area contributed by atoms with Gasteiger partial charge in [-0.2, -0.15) is 0 Å². The number of carbonyl (C=O) groups excluding carboxylic acids is 1. The number of amides is 1. The second kappa shape index (κ2) is 8.41. The van der Waals surface area contributed by atoms with Gasteiger partial charge in [-0.15, -0.1) is 0 Å². The number of primary amides is 1. The van der Waals surface area contributed by atoms with Crippen molar-refractivity contribution in [2.75, 3.05) is 19.6 Å². The van der Waals surface area contributed by atoms with E-state index in [1.807, 2.05) is 24.3 Å². The molecule has 138 valence electrons. The minimum Gasteiger partial charge on any atom is -0.370 e. The Hall–Kier alpha value is -2.27. The summed E-state index contributed by atoms with van der Waals surface area (Å²) in [5.74, 6) is -0.298. The minimum atomic E-state index is -0.275. The standard InChI is InChI=1S/C21H24F2N2O/c22-18-5-1-15(2-6-18)21(16-3-7-19(23)8-4-16)17-9-12-25(13-10-17)14-11-20(24)26/h1-8,17,21H,9-14H2,(H2,24,26). The quantitative estimate of drug-likeness (QED) is 0.856. The number of hydrogen-bond donors (Lipinski definition) is 1. The molecule has 0 bridgehead atoms. The summed E-state index contributed by atoms with van der Waals surface area (Å²) in [6.07, 6.45) is 2.32. The number of nitrogens with two attached hydrogens (primary N) is 1. The third-order valence-corrected chi connectivity index (χ3v) is 5.24. The number of carbonyl (C=O) groups is 1. The predicted octanol–water partition coefficient (Wildman–Crippen LogP) is 3.68. The van der Waals surface area contributed by atoms with Crippen LogP contribution in [0.5, 0.6) is 0 Å². The molecular formula is C21H24F2N2O. The van der Waals surface area contributed by atoms with E-state index in [1.54, 1.807) is 0 Å². The van der Waals surface area contributed by atoms with Crippen LogP contribution >= 0.6 is 0 Å². The molecule has 5 heteroatoms. The number of likely N-dealkylation sites (tertiary alicyclic amines) is 1. The van der Waals surface area contributed by atoms with E-state index < -0.39 is 0 Å². The maximum atomic E-state index is 13.4. The lowest BCUT2D eigenvalue weighted by Gasteiger charge is -2.36. The van der Waals surface area contributed by atoms with Crippen molar-refractivity contribution in [1.29, 1.82) is 0 Å². The molecule has 1 aliphatic rings. The molecular weight excluding hydrogens is 334 g/mol. The van der Waals surface area contributed by atoms with E-state index in [1.165, 1.54) is 24.3 Å². The molecule has 0 radical (unpaired) electrons. The summed E-state index contributed by atoms with van der Waals surface area (Å²) in [5.41, 5.74) is 7.33. The topological polar surface area (TPSA) is 46.3 Å². The van der Waals surface area contributed by atoms with Gasteiger partial charge in [-0.05, 0) is 67.2 Å². The van der Waals surface area contributed by atoms with E-state index in [2.05, 4.69) is 4.90 Å². The molecule has 2 aromatic rings. The second-order valence-electron chi connectivity index (χ2n) is 6.98. The Kier molecular flexibility index (Phi) is 5.99. The maximum Gasteiger partial charge on any atom is 0.218 e. The van der Waals surface area contributed by atoms with Crippen LogP contribution < -0.4 is 5.73 Å². The van der Waals surface area contributed by atoms with Crippen molar-refractivity contribution < 1.29 is 13.6 Å². The van der Waals surface area contributed by atoms with Crippen LogP contribution in [0.1, 0.15) is 36.3 Å². The van der Waals surface area contributed by atoms with Crippen LogP contribution in [0, 0.1) is 17.6 Å². The molecule has 2 N–H and O–H groups in total. The van der Waals surface area contributed by atoms with Crippen molar-refractivity contribution in [2.24, 2.45) is 11.7 Å². The van der Waals surface area contributed by atoms with E-state index in [0.717, 1.165) is 37.1 Å². The molecule has 26 heavy (non-hydrogen) atoms. The lowest BCUT2D eigenvalue weighted by atomic mass is 9.76. The Labute approximate surface area is 152 Å². The van der Waals surface area contributed by atoms with Gasteiger partial charge < -0.3 is 10.6 Å². The molecule has 1 aliphatic heterocycles. The Morgan fingerprint density at radius 2 is 1.42 bits per heavy atom. The highest BCUT2D eigenvalue weighted by Crippen LogP contribution is 2.38. The van der Waals surface area contributed by atoms with Crippen LogP contribution in [-0.2, 0) is 4.79 Å². The molecule has 3 nitrogen and oxygen atoms in total. The van der Waals surface area contributed by atoms with Gasteiger partial charge in [0, 0.05) is 18.9 Å². The third kappa shape index (κ3) is 4.67. The maximum absolute atomic E-state index is 13.4. The normalized spacial score (nSPS) is 16.1. The number of nitrogens with zero attached hydrogens (tertiary/aromatic N) is 1. The van der Waals surface area contributed by atoms with E-state index in [4.69, 9.17) is 5.73 Å². The van der Waals surface area contributed by atoms with Gasteiger partial charge in [0.25, 0.3) is 0 Å². The molecule has 1 fully saturated rings. The van der Waals surface area contributed by atoms with E-state index in [9.17, 15) is 13.6 Å². The molecule has 0 atom stereocenters. The first-order valence-electron chi connectivity index (χ1n) is 9.04. The predicted molar refractivity (Wildman–Crippen MR) is 97.6 cm³/mol. The van der Waals surface area contributed by atoms with Crippen LogP contribution in [-0.4, -0.2) is 30.4 Å². The zero-order valence-corrected chi connectivity index (χ0v) is 14.7. The first-order chi connectivity index (χ1) is 12.5. The molecule has 2 aromatic carbocycles. The van der Waals surface area contributed by atoms with Gasteiger partial charge in [-0.3, -0.25) is 4.79 Å². The smallest absolute Gasteiger partial charge is 0.218 e. The van der Waals surface area contributed by atoms with Gasteiger partial charge in [0.2, 0.25) is 5.91 Å². The van der Waals surface area contributed by atoms with Crippen LogP contribution in [0.2, 0.25) is 0 Å². The highest BCUT2D eigenvalue weighted by atomic mass is 19.1. The van der Waals surface area contributed by atoms with E-state index in [-0.39, 0.29) is 23.5 Å². The molecule has 0 aromatic heterocycles. The molecule has 0 saturated carbocycles. The van der Waals surface area contributed by atoms with Crippen LogP contribution in [0.3, 0.4) is 0 Å². The summed E-state index contributed by atoms with van der Waals surface area (Å²) in [7, 11) is 0. The molecule has 0 spiro atoms. The van der Waals surface area contributed by atoms with Gasteiger partial charge >= 0.3 is 0 Å². The first kappa shape index (κ1) is 18.5. The zero-order chi connectivity index (χ0) is 18.5. The van der Waals surface area contributed by atoms with Crippen LogP contribution in [0.25, 0.3) is 0 Å². The summed E-state index contributed by atoms with van der Waals surface area (Å²) in [6.45, 7) is 2.49. The van der Waals surface area contributed by atoms with Gasteiger partial charge in [-0.1, -0.05) is 24.3 Å². The Balaban J connectivity index is 1.77. The van der Waals surface area contributed by atoms with Crippen molar-refractivity contribution in [2.45, 2.75) is 25.2 Å². The molecule has 1 amide bonds. The number of hydrogen-bond acceptors (Lipinski definition) is 2. The van der Waals surface area contributed by atoms with Gasteiger partial charge in [0.05, 0.1) is 0 Å². The summed E-state index contributed by atoms with van der Waals surface area (Å²) in [5, 5.41) is 0. The number of halogens is 2. The molecule has 1 saturated heterocycles. The number of piperidine rings is 1. The molecule has 1 heterocycles. The summed E-state index contributed by atoms with van der Waals surface area (Å²) < 4.78 is 26.7. The Morgan fingerprint density at radius 3 is 1.85 bits per heavy atom. The van der Waals surface area contributed by atoms with Gasteiger partial charge in [-0.25, -0.2) is 8.78 Å². The van der Waals surface area contributed by atoms with Crippen molar-refractivity contribution in [3.8, 4) is 0 Å². The SMILES string of the molecule is NC(=O)CCN1CCC(C(c2ccc(F)cc2)c2ccc(F)cc2)CC1. The number of benzene rings is 2. The highest BCUT2D eigenvalue weighted by molar-refractivity contribution is 5.73. The van der Waals surface area contributed by atoms with Crippen molar-refractivity contribution in [3.05, 3.63) is 71.3 Å². The van der Waals surface area contributed by atoms with Crippen molar-refractivity contribution >= 4 is 5.91 Å². The van der Waals surface area contributed by atoms with E-state index in [0.29, 0.717) is 18.9 Å². The highest BCUT2D eigenvalue weighted by Gasteiger charge is 2.29. The molecule has 3 rings (SSSR count). The third-order valence-electron chi connectivity index (χ3n) is 5.24. The summed E-state index contributed by atoms with van der Waals surface area (Å²) >= 11 is 0.